The van der Waals surface area contributed by atoms with Crippen LogP contribution in [0.15, 0.2) is 36.4 Å². The van der Waals surface area contributed by atoms with Gasteiger partial charge in [-0.1, -0.05) is 45.1 Å². The zero-order valence-electron chi connectivity index (χ0n) is 17.6. The molecule has 0 saturated carbocycles. The number of aliphatic hydroxyl groups is 3. The van der Waals surface area contributed by atoms with E-state index in [9.17, 15) is 24.9 Å². The van der Waals surface area contributed by atoms with Crippen LogP contribution in [0.5, 0.6) is 0 Å². The number of anilines is 2. The average molecular weight is 421 g/mol. The van der Waals surface area contributed by atoms with Crippen LogP contribution in [-0.2, 0) is 14.3 Å². The number of benzene rings is 1. The van der Waals surface area contributed by atoms with E-state index in [-0.39, 0.29) is 12.0 Å². The van der Waals surface area contributed by atoms with Crippen LogP contribution in [0, 0.1) is 5.41 Å². The molecule has 1 aliphatic rings. The number of rotatable bonds is 7. The average Bonchev–Trinajstić information content (AvgIpc) is 2.84. The van der Waals surface area contributed by atoms with Crippen molar-refractivity contribution in [1.82, 2.24) is 5.32 Å². The number of hydrogen-bond acceptors (Lipinski definition) is 7. The number of methoxy groups -OCH3 is 1. The fourth-order valence-electron chi connectivity index (χ4n) is 2.93. The standard InChI is InChI=1S/C21H31N3O6/c1-21(2,3)10-9-15(25)16(26)17(27)18(30-4)20(29)24-14-11-22-12-7-5-6-8-13(12)23-19(14)28/h5-10,14-18,22,25-27H,11H2,1-4H3,(H,23,28)(H,24,29)/t14?,15-,16+,17-,18-/m1/s1. The van der Waals surface area contributed by atoms with E-state index in [1.807, 2.05) is 26.8 Å². The Bertz CT molecular complexity index is 776. The smallest absolute Gasteiger partial charge is 0.252 e. The van der Waals surface area contributed by atoms with Crippen molar-refractivity contribution in [2.75, 3.05) is 24.3 Å². The second kappa shape index (κ2) is 10.0. The van der Waals surface area contributed by atoms with E-state index < -0.39 is 42.3 Å². The van der Waals surface area contributed by atoms with E-state index in [4.69, 9.17) is 4.74 Å². The van der Waals surface area contributed by atoms with Gasteiger partial charge in [-0.2, -0.15) is 0 Å². The first-order valence-corrected chi connectivity index (χ1v) is 9.74. The number of hydrogen-bond donors (Lipinski definition) is 6. The van der Waals surface area contributed by atoms with Crippen LogP contribution < -0.4 is 16.0 Å². The molecular weight excluding hydrogens is 390 g/mol. The Kier molecular flexibility index (Phi) is 7.96. The van der Waals surface area contributed by atoms with Gasteiger partial charge in [-0.15, -0.1) is 0 Å². The Balaban J connectivity index is 2.03. The predicted octanol–water partition coefficient (Wildman–Crippen LogP) is 0.235. The van der Waals surface area contributed by atoms with E-state index in [1.165, 1.54) is 13.2 Å². The Morgan fingerprint density at radius 3 is 2.43 bits per heavy atom. The fourth-order valence-corrected chi connectivity index (χ4v) is 2.93. The molecule has 9 heteroatoms. The maximum atomic E-state index is 12.6. The molecule has 9 nitrogen and oxygen atoms in total. The minimum atomic E-state index is -1.71. The number of fused-ring (bicyclic) bond motifs is 1. The summed E-state index contributed by atoms with van der Waals surface area (Å²) < 4.78 is 5.05. The molecule has 1 aliphatic heterocycles. The summed E-state index contributed by atoms with van der Waals surface area (Å²) in [7, 11) is 1.19. The van der Waals surface area contributed by atoms with E-state index >= 15 is 0 Å². The van der Waals surface area contributed by atoms with Gasteiger partial charge >= 0.3 is 0 Å². The lowest BCUT2D eigenvalue weighted by atomic mass is 9.94. The highest BCUT2D eigenvalue weighted by Crippen LogP contribution is 2.23. The number of para-hydroxylation sites is 2. The van der Waals surface area contributed by atoms with Crippen molar-refractivity contribution in [1.29, 1.82) is 0 Å². The van der Waals surface area contributed by atoms with Crippen molar-refractivity contribution < 1.29 is 29.6 Å². The van der Waals surface area contributed by atoms with E-state index in [0.717, 1.165) is 5.69 Å². The van der Waals surface area contributed by atoms with Crippen molar-refractivity contribution in [3.63, 3.8) is 0 Å². The third kappa shape index (κ3) is 6.27. The molecule has 166 valence electrons. The molecule has 30 heavy (non-hydrogen) atoms. The lowest BCUT2D eigenvalue weighted by Gasteiger charge is -2.28. The fraction of sp³-hybridized carbons (Fsp3) is 0.524. The zero-order chi connectivity index (χ0) is 22.5. The van der Waals surface area contributed by atoms with Gasteiger partial charge in [-0.25, -0.2) is 0 Å². The van der Waals surface area contributed by atoms with Gasteiger partial charge in [0.15, 0.2) is 6.10 Å². The first-order chi connectivity index (χ1) is 14.0. The largest absolute Gasteiger partial charge is 0.387 e. The highest BCUT2D eigenvalue weighted by molar-refractivity contribution is 6.01. The van der Waals surface area contributed by atoms with Crippen molar-refractivity contribution in [3.8, 4) is 0 Å². The van der Waals surface area contributed by atoms with Gasteiger partial charge < -0.3 is 36.0 Å². The van der Waals surface area contributed by atoms with E-state index in [1.54, 1.807) is 24.3 Å². The van der Waals surface area contributed by atoms with Crippen LogP contribution in [0.2, 0.25) is 0 Å². The number of carbonyl (C=O) groups excluding carboxylic acids is 2. The Hall–Kier alpha value is -2.46. The molecule has 0 aliphatic carbocycles. The van der Waals surface area contributed by atoms with Gasteiger partial charge in [-0.3, -0.25) is 9.59 Å². The third-order valence-corrected chi connectivity index (χ3v) is 4.63. The van der Waals surface area contributed by atoms with E-state index in [2.05, 4.69) is 16.0 Å². The molecule has 1 unspecified atom stereocenters. The molecule has 1 heterocycles. The zero-order valence-corrected chi connectivity index (χ0v) is 17.6. The lowest BCUT2D eigenvalue weighted by molar-refractivity contribution is -0.150. The van der Waals surface area contributed by atoms with Crippen LogP contribution in [0.4, 0.5) is 11.4 Å². The van der Waals surface area contributed by atoms with E-state index in [0.29, 0.717) is 5.69 Å². The molecule has 1 aromatic rings. The summed E-state index contributed by atoms with van der Waals surface area (Å²) in [6.07, 6.45) is -3.22. The first-order valence-electron chi connectivity index (χ1n) is 9.74. The summed E-state index contributed by atoms with van der Waals surface area (Å²) >= 11 is 0. The van der Waals surface area contributed by atoms with Crippen molar-refractivity contribution in [2.45, 2.75) is 51.2 Å². The molecule has 0 spiro atoms. The Morgan fingerprint density at radius 1 is 1.20 bits per heavy atom. The van der Waals surface area contributed by atoms with Crippen molar-refractivity contribution in [2.24, 2.45) is 5.41 Å². The Labute approximate surface area is 176 Å². The molecular formula is C21H31N3O6. The van der Waals surface area contributed by atoms with Crippen LogP contribution in [0.3, 0.4) is 0 Å². The van der Waals surface area contributed by atoms with Gasteiger partial charge in [0.05, 0.1) is 11.4 Å². The normalized spacial score (nSPS) is 20.9. The molecule has 6 N–H and O–H groups in total. The quantitative estimate of drug-likeness (QED) is 0.347. The summed E-state index contributed by atoms with van der Waals surface area (Å²) in [6.45, 7) is 5.86. The summed E-state index contributed by atoms with van der Waals surface area (Å²) in [5, 5.41) is 39.1. The number of allylic oxidation sites excluding steroid dienone is 1. The maximum absolute atomic E-state index is 12.6. The highest BCUT2D eigenvalue weighted by Gasteiger charge is 2.37. The Morgan fingerprint density at radius 2 is 1.83 bits per heavy atom. The number of carbonyl (C=O) groups is 2. The molecule has 0 bridgehead atoms. The van der Waals surface area contributed by atoms with Gasteiger partial charge in [0, 0.05) is 13.7 Å². The molecule has 0 saturated heterocycles. The second-order valence-corrected chi connectivity index (χ2v) is 8.33. The number of nitrogens with one attached hydrogen (secondary N) is 3. The summed E-state index contributed by atoms with van der Waals surface area (Å²) in [6, 6.07) is 6.18. The molecule has 0 fully saturated rings. The molecule has 1 aromatic carbocycles. The third-order valence-electron chi connectivity index (χ3n) is 4.63. The molecule has 0 radical (unpaired) electrons. The van der Waals surface area contributed by atoms with Gasteiger partial charge in [0.2, 0.25) is 5.91 Å². The number of ether oxygens (including phenoxy) is 1. The number of amides is 2. The minimum Gasteiger partial charge on any atom is -0.387 e. The monoisotopic (exact) mass is 421 g/mol. The highest BCUT2D eigenvalue weighted by atomic mass is 16.5. The maximum Gasteiger partial charge on any atom is 0.252 e. The lowest BCUT2D eigenvalue weighted by Crippen LogP contribution is -2.56. The summed E-state index contributed by atoms with van der Waals surface area (Å²) in [4.78, 5) is 25.1. The second-order valence-electron chi connectivity index (χ2n) is 8.33. The van der Waals surface area contributed by atoms with Gasteiger partial charge in [0.1, 0.15) is 24.4 Å². The first kappa shape index (κ1) is 23.8. The van der Waals surface area contributed by atoms with Crippen LogP contribution in [-0.4, -0.2) is 71.2 Å². The van der Waals surface area contributed by atoms with Crippen molar-refractivity contribution in [3.05, 3.63) is 36.4 Å². The van der Waals surface area contributed by atoms with Crippen molar-refractivity contribution >= 4 is 23.2 Å². The van der Waals surface area contributed by atoms with Gasteiger partial charge in [-0.05, 0) is 17.5 Å². The van der Waals surface area contributed by atoms with Crippen LogP contribution in [0.1, 0.15) is 20.8 Å². The molecule has 2 amide bonds. The summed E-state index contributed by atoms with van der Waals surface area (Å²) in [5.41, 5.74) is 1.07. The molecule has 2 rings (SSSR count). The SMILES string of the molecule is CO[C@@H](C(=O)NC1CNc2ccccc2NC1=O)[C@H](O)[C@@H](O)[C@H](O)C=CC(C)(C)C. The van der Waals surface area contributed by atoms with Crippen LogP contribution >= 0.6 is 0 Å². The minimum absolute atomic E-state index is 0.126. The molecule has 0 aromatic heterocycles. The predicted molar refractivity (Wildman–Crippen MR) is 113 cm³/mol. The number of aliphatic hydroxyl groups excluding tert-OH is 3. The topological polar surface area (TPSA) is 140 Å². The van der Waals surface area contributed by atoms with Crippen LogP contribution in [0.25, 0.3) is 0 Å². The molecule has 5 atom stereocenters. The van der Waals surface area contributed by atoms with Gasteiger partial charge in [0.25, 0.3) is 5.91 Å². The summed E-state index contributed by atoms with van der Waals surface area (Å²) in [5.74, 6) is -1.22.